The average Bonchev–Trinajstić information content (AvgIpc) is 2.81. The van der Waals surface area contributed by atoms with E-state index < -0.39 is 41.6 Å². The summed E-state index contributed by atoms with van der Waals surface area (Å²) in [5.41, 5.74) is 0.712. The highest BCUT2D eigenvalue weighted by Gasteiger charge is 2.27. The Balaban J connectivity index is 1.92. The van der Waals surface area contributed by atoms with Gasteiger partial charge in [0.25, 0.3) is 0 Å². The molecule has 0 fully saturated rings. The van der Waals surface area contributed by atoms with E-state index in [1.165, 1.54) is 19.1 Å². The fourth-order valence-electron chi connectivity index (χ4n) is 3.01. The Morgan fingerprint density at radius 2 is 1.53 bits per heavy atom. The summed E-state index contributed by atoms with van der Waals surface area (Å²) in [5, 5.41) is 17.0. The highest BCUT2D eigenvalue weighted by molar-refractivity contribution is 5.92. The van der Waals surface area contributed by atoms with Gasteiger partial charge >= 0.3 is 12.1 Å². The Bertz CT molecular complexity index is 1030. The lowest BCUT2D eigenvalue weighted by Crippen LogP contribution is -2.54. The molecule has 2 aromatic carbocycles. The summed E-state index contributed by atoms with van der Waals surface area (Å²) in [6, 6.07) is 13.2. The number of phenols is 1. The third-order valence-electron chi connectivity index (χ3n) is 4.79. The van der Waals surface area contributed by atoms with E-state index >= 15 is 0 Å². The van der Waals surface area contributed by atoms with Gasteiger partial charge in [-0.1, -0.05) is 42.5 Å². The molecule has 0 unspecified atom stereocenters. The molecule has 2 rings (SSSR count). The van der Waals surface area contributed by atoms with E-state index in [2.05, 4.69) is 16.0 Å². The van der Waals surface area contributed by atoms with Crippen LogP contribution in [0.5, 0.6) is 5.75 Å². The largest absolute Gasteiger partial charge is 0.508 e. The molecule has 0 saturated carbocycles. The number of hydrogen-bond acceptors (Lipinski definition) is 7. The Hall–Kier alpha value is -4.08. The number of hydrogen-bond donors (Lipinski definition) is 4. The van der Waals surface area contributed by atoms with Crippen molar-refractivity contribution in [1.82, 2.24) is 16.0 Å². The van der Waals surface area contributed by atoms with Gasteiger partial charge in [-0.3, -0.25) is 14.4 Å². The Labute approximate surface area is 210 Å². The van der Waals surface area contributed by atoms with Gasteiger partial charge in [-0.15, -0.1) is 0 Å². The fraction of sp³-hybridized carbons (Fsp3) is 0.385. The number of esters is 1. The van der Waals surface area contributed by atoms with Crippen molar-refractivity contribution < 1.29 is 33.8 Å². The summed E-state index contributed by atoms with van der Waals surface area (Å²) < 4.78 is 10.4. The first-order valence-electron chi connectivity index (χ1n) is 11.5. The summed E-state index contributed by atoms with van der Waals surface area (Å²) in [7, 11) is 0. The number of phenolic OH excluding ortho intramolecular Hbond substituents is 1. The molecule has 0 aromatic heterocycles. The van der Waals surface area contributed by atoms with Crippen molar-refractivity contribution in [1.29, 1.82) is 0 Å². The minimum Gasteiger partial charge on any atom is -0.508 e. The first kappa shape index (κ1) is 28.2. The zero-order valence-electron chi connectivity index (χ0n) is 20.9. The zero-order valence-corrected chi connectivity index (χ0v) is 20.9. The Morgan fingerprint density at radius 1 is 0.889 bits per heavy atom. The summed E-state index contributed by atoms with van der Waals surface area (Å²) in [5.74, 6) is -1.78. The normalized spacial score (nSPS) is 12.6. The van der Waals surface area contributed by atoms with Gasteiger partial charge < -0.3 is 30.5 Å². The van der Waals surface area contributed by atoms with E-state index in [1.54, 1.807) is 32.9 Å². The summed E-state index contributed by atoms with van der Waals surface area (Å²) in [6.07, 6.45) is -0.703. The van der Waals surface area contributed by atoms with Gasteiger partial charge in [0.15, 0.2) is 0 Å². The molecule has 0 saturated heterocycles. The number of amides is 3. The lowest BCUT2D eigenvalue weighted by Gasteiger charge is -2.24. The van der Waals surface area contributed by atoms with Crippen LogP contribution in [0.2, 0.25) is 0 Å². The van der Waals surface area contributed by atoms with E-state index in [0.29, 0.717) is 5.56 Å². The maximum absolute atomic E-state index is 12.9. The minimum atomic E-state index is -1.06. The zero-order chi connectivity index (χ0) is 26.7. The number of rotatable bonds is 10. The summed E-state index contributed by atoms with van der Waals surface area (Å²) >= 11 is 0. The first-order chi connectivity index (χ1) is 16.9. The highest BCUT2D eigenvalue weighted by atomic mass is 16.6. The van der Waals surface area contributed by atoms with Gasteiger partial charge in [0.1, 0.15) is 36.6 Å². The van der Waals surface area contributed by atoms with Crippen LogP contribution in [0.4, 0.5) is 4.79 Å². The number of ether oxygens (including phenoxy) is 2. The summed E-state index contributed by atoms with van der Waals surface area (Å²) in [4.78, 5) is 49.6. The topological polar surface area (TPSA) is 143 Å². The second-order valence-corrected chi connectivity index (χ2v) is 9.16. The average molecular weight is 500 g/mol. The van der Waals surface area contributed by atoms with Crippen LogP contribution in [0.25, 0.3) is 0 Å². The first-order valence-corrected chi connectivity index (χ1v) is 11.5. The predicted octanol–water partition coefficient (Wildman–Crippen LogP) is 2.19. The molecular weight excluding hydrogens is 466 g/mol. The molecule has 0 heterocycles. The lowest BCUT2D eigenvalue weighted by molar-refractivity contribution is -0.145. The second-order valence-electron chi connectivity index (χ2n) is 9.16. The molecule has 4 N–H and O–H groups in total. The van der Waals surface area contributed by atoms with E-state index in [4.69, 9.17) is 9.47 Å². The number of benzene rings is 2. The molecule has 194 valence electrons. The molecule has 10 nitrogen and oxygen atoms in total. The van der Waals surface area contributed by atoms with E-state index in [9.17, 15) is 24.3 Å². The van der Waals surface area contributed by atoms with E-state index in [-0.39, 0.29) is 25.3 Å². The van der Waals surface area contributed by atoms with E-state index in [1.807, 2.05) is 30.3 Å². The molecule has 10 heteroatoms. The van der Waals surface area contributed by atoms with Gasteiger partial charge in [0.05, 0.1) is 0 Å². The second kappa shape index (κ2) is 13.1. The van der Waals surface area contributed by atoms with Crippen LogP contribution in [-0.4, -0.2) is 53.2 Å². The van der Waals surface area contributed by atoms with Gasteiger partial charge in [0, 0.05) is 6.42 Å². The Kier molecular flexibility index (Phi) is 10.3. The molecule has 3 amide bonds. The maximum atomic E-state index is 12.9. The number of alkyl carbamates (subject to hydrolysis) is 1. The van der Waals surface area contributed by atoms with Crippen molar-refractivity contribution in [2.24, 2.45) is 0 Å². The molecular formula is C26H33N3O7. The fourth-order valence-corrected chi connectivity index (χ4v) is 3.01. The molecule has 0 aliphatic carbocycles. The van der Waals surface area contributed by atoms with Crippen LogP contribution in [-0.2, 0) is 36.9 Å². The van der Waals surface area contributed by atoms with Gasteiger partial charge in [-0.05, 0) is 51.0 Å². The third kappa shape index (κ3) is 10.5. The maximum Gasteiger partial charge on any atom is 0.408 e. The highest BCUT2D eigenvalue weighted by Crippen LogP contribution is 2.13. The molecule has 0 radical (unpaired) electrons. The van der Waals surface area contributed by atoms with Gasteiger partial charge in [-0.2, -0.15) is 0 Å². The molecule has 2 aromatic rings. The van der Waals surface area contributed by atoms with Crippen molar-refractivity contribution in [3.05, 3.63) is 65.7 Å². The van der Waals surface area contributed by atoms with Gasteiger partial charge in [0.2, 0.25) is 11.8 Å². The van der Waals surface area contributed by atoms with Crippen LogP contribution in [0.1, 0.15) is 38.8 Å². The molecule has 0 spiro atoms. The van der Waals surface area contributed by atoms with Crippen molar-refractivity contribution in [2.75, 3.05) is 6.54 Å². The predicted molar refractivity (Wildman–Crippen MR) is 132 cm³/mol. The Morgan fingerprint density at radius 3 is 2.14 bits per heavy atom. The molecule has 0 aliphatic rings. The van der Waals surface area contributed by atoms with Crippen molar-refractivity contribution in [3.8, 4) is 5.75 Å². The quantitative estimate of drug-likeness (QED) is 0.367. The van der Waals surface area contributed by atoms with E-state index in [0.717, 1.165) is 5.56 Å². The van der Waals surface area contributed by atoms with Crippen LogP contribution in [0.3, 0.4) is 0 Å². The molecule has 36 heavy (non-hydrogen) atoms. The number of aromatic hydroxyl groups is 1. The van der Waals surface area contributed by atoms with Crippen LogP contribution >= 0.6 is 0 Å². The SMILES string of the molecule is C[C@@H](NC(=O)[C@H](Cc1ccc(O)cc1)NC(=O)OC(C)(C)C)C(=O)NCC(=O)OCc1ccccc1. The molecule has 0 aliphatic heterocycles. The van der Waals surface area contributed by atoms with Crippen molar-refractivity contribution in [2.45, 2.75) is 58.4 Å². The third-order valence-corrected chi connectivity index (χ3v) is 4.79. The minimum absolute atomic E-state index is 0.0624. The number of carbonyl (C=O) groups excluding carboxylic acids is 4. The van der Waals surface area contributed by atoms with Crippen LogP contribution < -0.4 is 16.0 Å². The van der Waals surface area contributed by atoms with Crippen molar-refractivity contribution >= 4 is 23.9 Å². The van der Waals surface area contributed by atoms with Crippen LogP contribution in [0, 0.1) is 0 Å². The number of carbonyl (C=O) groups is 4. The lowest BCUT2D eigenvalue weighted by atomic mass is 10.0. The molecule has 0 bridgehead atoms. The van der Waals surface area contributed by atoms with Gasteiger partial charge in [-0.25, -0.2) is 4.79 Å². The monoisotopic (exact) mass is 499 g/mol. The smallest absolute Gasteiger partial charge is 0.408 e. The van der Waals surface area contributed by atoms with Crippen molar-refractivity contribution in [3.63, 3.8) is 0 Å². The van der Waals surface area contributed by atoms with Crippen LogP contribution in [0.15, 0.2) is 54.6 Å². The summed E-state index contributed by atoms with van der Waals surface area (Å²) in [6.45, 7) is 6.25. The number of nitrogens with one attached hydrogen (secondary N) is 3. The standard InChI is InChI=1S/C26H33N3O7/c1-17(23(32)27-15-22(31)35-16-19-8-6-5-7-9-19)28-24(33)21(29-25(34)36-26(2,3)4)14-18-10-12-20(30)13-11-18/h5-13,17,21,30H,14-16H2,1-4H3,(H,27,32)(H,28,33)(H,29,34)/t17-,21+/m1/s1. The molecule has 2 atom stereocenters.